The van der Waals surface area contributed by atoms with Crippen LogP contribution >= 0.6 is 0 Å². The molecule has 0 radical (unpaired) electrons. The summed E-state index contributed by atoms with van der Waals surface area (Å²) in [4.78, 5) is 6.83. The smallest absolute Gasteiger partial charge is 0.193 e. The molecular formula is C20H26N4O3. The number of guanidine groups is 1. The van der Waals surface area contributed by atoms with E-state index in [1.54, 1.807) is 14.2 Å². The van der Waals surface area contributed by atoms with Gasteiger partial charge in [0.05, 0.1) is 39.7 Å². The van der Waals surface area contributed by atoms with Crippen LogP contribution < -0.4 is 25.4 Å². The largest absolute Gasteiger partial charge is 0.497 e. The number of nitrogens with two attached hydrogens (primary N) is 1. The number of hydrogen-bond acceptors (Lipinski definition) is 5. The van der Waals surface area contributed by atoms with Crippen molar-refractivity contribution < 1.29 is 14.2 Å². The summed E-state index contributed by atoms with van der Waals surface area (Å²) in [5.74, 6) is 1.70. The second-order valence-electron chi connectivity index (χ2n) is 6.12. The number of benzene rings is 2. The number of methoxy groups -OCH3 is 2. The number of rotatable bonds is 6. The molecule has 1 saturated heterocycles. The third kappa shape index (κ3) is 4.83. The van der Waals surface area contributed by atoms with Gasteiger partial charge in [-0.1, -0.05) is 18.2 Å². The van der Waals surface area contributed by atoms with Gasteiger partial charge in [-0.15, -0.1) is 0 Å². The van der Waals surface area contributed by atoms with E-state index < -0.39 is 0 Å². The molecular weight excluding hydrogens is 344 g/mol. The van der Waals surface area contributed by atoms with Crippen molar-refractivity contribution in [2.45, 2.75) is 6.54 Å². The summed E-state index contributed by atoms with van der Waals surface area (Å²) in [6, 6.07) is 13.7. The summed E-state index contributed by atoms with van der Waals surface area (Å²) in [6.07, 6.45) is 0. The van der Waals surface area contributed by atoms with Gasteiger partial charge in [-0.25, -0.2) is 4.99 Å². The van der Waals surface area contributed by atoms with Crippen LogP contribution in [-0.4, -0.2) is 46.5 Å². The number of morpholine rings is 1. The monoisotopic (exact) mass is 370 g/mol. The fourth-order valence-electron chi connectivity index (χ4n) is 3.02. The van der Waals surface area contributed by atoms with Crippen molar-refractivity contribution in [1.82, 2.24) is 0 Å². The quantitative estimate of drug-likeness (QED) is 0.601. The number of nitrogens with zero attached hydrogens (tertiary/aromatic N) is 2. The lowest BCUT2D eigenvalue weighted by atomic mass is 10.1. The Morgan fingerprint density at radius 3 is 2.67 bits per heavy atom. The molecule has 3 N–H and O–H groups in total. The Hall–Kier alpha value is -2.93. The zero-order valence-electron chi connectivity index (χ0n) is 15.8. The molecule has 1 aliphatic rings. The Balaban J connectivity index is 1.73. The highest BCUT2D eigenvalue weighted by Gasteiger charge is 2.14. The second-order valence-corrected chi connectivity index (χ2v) is 6.12. The number of hydrogen-bond donors (Lipinski definition) is 2. The van der Waals surface area contributed by atoms with E-state index in [1.807, 2.05) is 30.3 Å². The SMILES string of the molecule is COc1ccc(OC)c(NC(N)=NCc2ccccc2N2CCOCC2)c1. The normalized spacial score (nSPS) is 14.7. The van der Waals surface area contributed by atoms with Crippen molar-refractivity contribution in [3.8, 4) is 11.5 Å². The summed E-state index contributed by atoms with van der Waals surface area (Å²) in [5, 5.41) is 3.09. The summed E-state index contributed by atoms with van der Waals surface area (Å²) >= 11 is 0. The minimum absolute atomic E-state index is 0.318. The lowest BCUT2D eigenvalue weighted by Crippen LogP contribution is -2.36. The first-order chi connectivity index (χ1) is 13.2. The van der Waals surface area contributed by atoms with Gasteiger partial charge in [0.15, 0.2) is 5.96 Å². The first kappa shape index (κ1) is 18.8. The number of aliphatic imine (C=N–C) groups is 1. The highest BCUT2D eigenvalue weighted by Crippen LogP contribution is 2.29. The fraction of sp³-hybridized carbons (Fsp3) is 0.350. The van der Waals surface area contributed by atoms with Crippen LogP contribution in [0.5, 0.6) is 11.5 Å². The minimum Gasteiger partial charge on any atom is -0.497 e. The van der Waals surface area contributed by atoms with Crippen LogP contribution in [0.25, 0.3) is 0 Å². The molecule has 1 aliphatic heterocycles. The Labute approximate surface area is 159 Å². The van der Waals surface area contributed by atoms with E-state index in [1.165, 1.54) is 5.69 Å². The zero-order chi connectivity index (χ0) is 19.1. The first-order valence-corrected chi connectivity index (χ1v) is 8.91. The number of para-hydroxylation sites is 1. The topological polar surface area (TPSA) is 81.3 Å². The highest BCUT2D eigenvalue weighted by atomic mass is 16.5. The van der Waals surface area contributed by atoms with E-state index in [9.17, 15) is 0 Å². The molecule has 0 unspecified atom stereocenters. The number of ether oxygens (including phenoxy) is 3. The molecule has 0 aromatic heterocycles. The van der Waals surface area contributed by atoms with Gasteiger partial charge in [0.1, 0.15) is 11.5 Å². The van der Waals surface area contributed by atoms with Crippen molar-refractivity contribution in [1.29, 1.82) is 0 Å². The van der Waals surface area contributed by atoms with E-state index in [0.29, 0.717) is 29.7 Å². The number of anilines is 2. The van der Waals surface area contributed by atoms with E-state index >= 15 is 0 Å². The van der Waals surface area contributed by atoms with Crippen molar-refractivity contribution in [3.05, 3.63) is 48.0 Å². The molecule has 2 aromatic carbocycles. The van der Waals surface area contributed by atoms with E-state index in [0.717, 1.165) is 31.9 Å². The Morgan fingerprint density at radius 1 is 1.15 bits per heavy atom. The van der Waals surface area contributed by atoms with Crippen LogP contribution in [-0.2, 0) is 11.3 Å². The maximum absolute atomic E-state index is 6.11. The molecule has 1 fully saturated rings. The van der Waals surface area contributed by atoms with Gasteiger partial charge in [-0.05, 0) is 23.8 Å². The maximum Gasteiger partial charge on any atom is 0.193 e. The van der Waals surface area contributed by atoms with Crippen LogP contribution in [0, 0.1) is 0 Å². The van der Waals surface area contributed by atoms with Gasteiger partial charge in [0.25, 0.3) is 0 Å². The minimum atomic E-state index is 0.318. The van der Waals surface area contributed by atoms with Gasteiger partial charge in [0, 0.05) is 24.8 Å². The third-order valence-electron chi connectivity index (χ3n) is 4.43. The molecule has 0 amide bonds. The fourth-order valence-corrected chi connectivity index (χ4v) is 3.02. The molecule has 144 valence electrons. The Kier molecular flexibility index (Phi) is 6.38. The van der Waals surface area contributed by atoms with Crippen molar-refractivity contribution in [2.24, 2.45) is 10.7 Å². The molecule has 7 heteroatoms. The van der Waals surface area contributed by atoms with Crippen LogP contribution in [0.3, 0.4) is 0 Å². The lowest BCUT2D eigenvalue weighted by molar-refractivity contribution is 0.122. The van der Waals surface area contributed by atoms with Crippen LogP contribution in [0.2, 0.25) is 0 Å². The average molecular weight is 370 g/mol. The lowest BCUT2D eigenvalue weighted by Gasteiger charge is -2.30. The third-order valence-corrected chi connectivity index (χ3v) is 4.43. The molecule has 2 aromatic rings. The average Bonchev–Trinajstić information content (AvgIpc) is 2.73. The maximum atomic E-state index is 6.11. The summed E-state index contributed by atoms with van der Waals surface area (Å²) < 4.78 is 16.1. The van der Waals surface area contributed by atoms with Gasteiger partial charge in [-0.2, -0.15) is 0 Å². The van der Waals surface area contributed by atoms with Crippen LogP contribution in [0.15, 0.2) is 47.5 Å². The van der Waals surface area contributed by atoms with Crippen LogP contribution in [0.4, 0.5) is 11.4 Å². The standard InChI is InChI=1S/C20H26N4O3/c1-25-16-7-8-19(26-2)17(13-16)23-20(21)22-14-15-5-3-4-6-18(15)24-9-11-27-12-10-24/h3-8,13H,9-12,14H2,1-2H3,(H3,21,22,23). The van der Waals surface area contributed by atoms with E-state index in [2.05, 4.69) is 27.3 Å². The molecule has 0 saturated carbocycles. The van der Waals surface area contributed by atoms with Crippen molar-refractivity contribution >= 4 is 17.3 Å². The van der Waals surface area contributed by atoms with Gasteiger partial charge in [0.2, 0.25) is 0 Å². The summed E-state index contributed by atoms with van der Waals surface area (Å²) in [6.45, 7) is 3.75. The molecule has 3 rings (SSSR count). The highest BCUT2D eigenvalue weighted by molar-refractivity contribution is 5.94. The number of nitrogens with one attached hydrogen (secondary N) is 1. The molecule has 27 heavy (non-hydrogen) atoms. The van der Waals surface area contributed by atoms with E-state index in [4.69, 9.17) is 19.9 Å². The molecule has 7 nitrogen and oxygen atoms in total. The first-order valence-electron chi connectivity index (χ1n) is 8.91. The zero-order valence-corrected chi connectivity index (χ0v) is 15.8. The Bertz CT molecular complexity index is 789. The van der Waals surface area contributed by atoms with Crippen molar-refractivity contribution in [2.75, 3.05) is 50.7 Å². The molecule has 0 bridgehead atoms. The second kappa shape index (κ2) is 9.14. The predicted molar refractivity (Wildman–Crippen MR) is 108 cm³/mol. The van der Waals surface area contributed by atoms with Gasteiger partial charge < -0.3 is 30.2 Å². The molecule has 0 spiro atoms. The van der Waals surface area contributed by atoms with Crippen molar-refractivity contribution in [3.63, 3.8) is 0 Å². The molecule has 0 aliphatic carbocycles. The molecule has 0 atom stereocenters. The van der Waals surface area contributed by atoms with Gasteiger partial charge in [-0.3, -0.25) is 0 Å². The van der Waals surface area contributed by atoms with Gasteiger partial charge >= 0.3 is 0 Å². The summed E-state index contributed by atoms with van der Waals surface area (Å²) in [7, 11) is 3.23. The van der Waals surface area contributed by atoms with Crippen LogP contribution in [0.1, 0.15) is 5.56 Å². The molecule has 1 heterocycles. The predicted octanol–water partition coefficient (Wildman–Crippen LogP) is 2.47. The van der Waals surface area contributed by atoms with E-state index in [-0.39, 0.29) is 0 Å². The Morgan fingerprint density at radius 2 is 1.93 bits per heavy atom. The summed E-state index contributed by atoms with van der Waals surface area (Å²) in [5.41, 5.74) is 9.12.